The summed E-state index contributed by atoms with van der Waals surface area (Å²) in [6.07, 6.45) is 1.41. The number of carbonyl (C=O) groups is 2. The molecule has 0 heterocycles. The maximum atomic E-state index is 12.6. The standard InChI is InChI=1S/C29H23BrN2O5/c1-35-25-12-9-22(10-13-25)29(34)37-27-16-11-24(30)17-23(27)18-31-32-28(33)21-7-14-26(15-8-21)36-19-20-5-3-2-4-6-20/h2-18H,19H2,1H3,(H,32,33)/b31-18-. The monoisotopic (exact) mass is 558 g/mol. The fraction of sp³-hybridized carbons (Fsp3) is 0.0690. The molecular weight excluding hydrogens is 536 g/mol. The molecule has 0 fully saturated rings. The van der Waals surface area contributed by atoms with Gasteiger partial charge in [-0.3, -0.25) is 4.79 Å². The van der Waals surface area contributed by atoms with Crippen molar-refractivity contribution in [2.24, 2.45) is 5.10 Å². The number of halogens is 1. The van der Waals surface area contributed by atoms with Gasteiger partial charge in [0, 0.05) is 15.6 Å². The molecule has 0 aromatic heterocycles. The van der Waals surface area contributed by atoms with Gasteiger partial charge in [-0.1, -0.05) is 46.3 Å². The van der Waals surface area contributed by atoms with Crippen LogP contribution in [0.5, 0.6) is 17.2 Å². The fourth-order valence-electron chi connectivity index (χ4n) is 3.27. The van der Waals surface area contributed by atoms with Crippen molar-refractivity contribution in [1.82, 2.24) is 5.43 Å². The Morgan fingerprint density at radius 2 is 1.54 bits per heavy atom. The molecule has 7 nitrogen and oxygen atoms in total. The second kappa shape index (κ2) is 12.5. The lowest BCUT2D eigenvalue weighted by molar-refractivity contribution is 0.0734. The molecule has 186 valence electrons. The molecule has 8 heteroatoms. The molecule has 37 heavy (non-hydrogen) atoms. The van der Waals surface area contributed by atoms with E-state index < -0.39 is 11.9 Å². The molecule has 0 radical (unpaired) electrons. The first kappa shape index (κ1) is 25.7. The van der Waals surface area contributed by atoms with Crippen molar-refractivity contribution < 1.29 is 23.8 Å². The number of benzene rings is 4. The van der Waals surface area contributed by atoms with Gasteiger partial charge < -0.3 is 14.2 Å². The van der Waals surface area contributed by atoms with Crippen LogP contribution in [0.1, 0.15) is 31.8 Å². The minimum Gasteiger partial charge on any atom is -0.497 e. The van der Waals surface area contributed by atoms with Crippen LogP contribution in [0.25, 0.3) is 0 Å². The number of nitrogens with zero attached hydrogens (tertiary/aromatic N) is 1. The Balaban J connectivity index is 1.36. The zero-order chi connectivity index (χ0) is 26.0. The van der Waals surface area contributed by atoms with Crippen LogP contribution in [0, 0.1) is 0 Å². The normalized spacial score (nSPS) is 10.6. The highest BCUT2D eigenvalue weighted by molar-refractivity contribution is 9.10. The van der Waals surface area contributed by atoms with Crippen LogP contribution in [-0.2, 0) is 6.61 Å². The molecular formula is C29H23BrN2O5. The highest BCUT2D eigenvalue weighted by Gasteiger charge is 2.12. The Morgan fingerprint density at radius 3 is 2.24 bits per heavy atom. The molecule has 0 saturated heterocycles. The van der Waals surface area contributed by atoms with Gasteiger partial charge >= 0.3 is 5.97 Å². The number of hydrazone groups is 1. The molecule has 0 unspecified atom stereocenters. The largest absolute Gasteiger partial charge is 0.497 e. The van der Waals surface area contributed by atoms with E-state index in [2.05, 4.69) is 26.5 Å². The third-order valence-electron chi connectivity index (χ3n) is 5.23. The van der Waals surface area contributed by atoms with Crippen LogP contribution in [0.15, 0.2) is 107 Å². The Kier molecular flexibility index (Phi) is 8.67. The lowest BCUT2D eigenvalue weighted by Crippen LogP contribution is -2.17. The Hall–Kier alpha value is -4.43. The summed E-state index contributed by atoms with van der Waals surface area (Å²) in [6.45, 7) is 0.439. The van der Waals surface area contributed by atoms with E-state index in [9.17, 15) is 9.59 Å². The van der Waals surface area contributed by atoms with E-state index in [0.29, 0.717) is 40.5 Å². The number of ether oxygens (including phenoxy) is 3. The predicted octanol–water partition coefficient (Wildman–Crippen LogP) is 6.02. The smallest absolute Gasteiger partial charge is 0.343 e. The summed E-state index contributed by atoms with van der Waals surface area (Å²) in [7, 11) is 1.55. The molecule has 0 bridgehead atoms. The fourth-order valence-corrected chi connectivity index (χ4v) is 3.65. The number of hydrogen-bond donors (Lipinski definition) is 1. The maximum Gasteiger partial charge on any atom is 0.343 e. The molecule has 4 aromatic rings. The minimum absolute atomic E-state index is 0.293. The Labute approximate surface area is 222 Å². The number of carbonyl (C=O) groups excluding carboxylic acids is 2. The van der Waals surface area contributed by atoms with Gasteiger partial charge in [0.25, 0.3) is 5.91 Å². The summed E-state index contributed by atoms with van der Waals surface area (Å²) >= 11 is 3.40. The molecule has 1 N–H and O–H groups in total. The highest BCUT2D eigenvalue weighted by Crippen LogP contribution is 2.23. The van der Waals surface area contributed by atoms with E-state index in [1.54, 1.807) is 73.8 Å². The third kappa shape index (κ3) is 7.28. The van der Waals surface area contributed by atoms with E-state index in [1.165, 1.54) is 6.21 Å². The molecule has 0 atom stereocenters. The van der Waals surface area contributed by atoms with Gasteiger partial charge in [-0.25, -0.2) is 10.2 Å². The van der Waals surface area contributed by atoms with Crippen molar-refractivity contribution >= 4 is 34.0 Å². The van der Waals surface area contributed by atoms with Gasteiger partial charge in [0.2, 0.25) is 0 Å². The van der Waals surface area contributed by atoms with Gasteiger partial charge in [-0.2, -0.15) is 5.10 Å². The van der Waals surface area contributed by atoms with Gasteiger partial charge in [-0.05, 0) is 72.3 Å². The summed E-state index contributed by atoms with van der Waals surface area (Å²) in [5, 5.41) is 4.04. The lowest BCUT2D eigenvalue weighted by atomic mass is 10.2. The zero-order valence-electron chi connectivity index (χ0n) is 19.9. The number of rotatable bonds is 9. The molecule has 0 saturated carbocycles. The summed E-state index contributed by atoms with van der Waals surface area (Å²) in [5.74, 6) is 0.664. The quantitative estimate of drug-likeness (QED) is 0.117. The van der Waals surface area contributed by atoms with Crippen LogP contribution >= 0.6 is 15.9 Å². The summed E-state index contributed by atoms with van der Waals surface area (Å²) in [5.41, 5.74) is 4.84. The number of nitrogens with one attached hydrogen (secondary N) is 1. The first-order chi connectivity index (χ1) is 18.0. The van der Waals surface area contributed by atoms with Crippen LogP contribution in [0.2, 0.25) is 0 Å². The highest BCUT2D eigenvalue weighted by atomic mass is 79.9. The number of hydrogen-bond acceptors (Lipinski definition) is 6. The van der Waals surface area contributed by atoms with E-state index in [-0.39, 0.29) is 0 Å². The van der Waals surface area contributed by atoms with E-state index in [0.717, 1.165) is 10.0 Å². The third-order valence-corrected chi connectivity index (χ3v) is 5.73. The molecule has 0 spiro atoms. The Morgan fingerprint density at radius 1 is 0.865 bits per heavy atom. The van der Waals surface area contributed by atoms with Crippen LogP contribution in [0.3, 0.4) is 0 Å². The predicted molar refractivity (Wildman–Crippen MR) is 144 cm³/mol. The van der Waals surface area contributed by atoms with Gasteiger partial charge in [-0.15, -0.1) is 0 Å². The van der Waals surface area contributed by atoms with Crippen molar-refractivity contribution in [2.45, 2.75) is 6.61 Å². The number of esters is 1. The SMILES string of the molecule is COc1ccc(C(=O)Oc2ccc(Br)cc2/C=N\NC(=O)c2ccc(OCc3ccccc3)cc2)cc1. The maximum absolute atomic E-state index is 12.6. The summed E-state index contributed by atoms with van der Waals surface area (Å²) in [4.78, 5) is 25.1. The van der Waals surface area contributed by atoms with Crippen molar-refractivity contribution in [1.29, 1.82) is 0 Å². The van der Waals surface area contributed by atoms with E-state index in [1.807, 2.05) is 30.3 Å². The Bertz CT molecular complexity index is 1390. The summed E-state index contributed by atoms with van der Waals surface area (Å²) < 4.78 is 17.2. The van der Waals surface area contributed by atoms with Crippen molar-refractivity contribution in [2.75, 3.05) is 7.11 Å². The first-order valence-electron chi connectivity index (χ1n) is 11.3. The topological polar surface area (TPSA) is 86.2 Å². The van der Waals surface area contributed by atoms with E-state index in [4.69, 9.17) is 14.2 Å². The van der Waals surface area contributed by atoms with Gasteiger partial charge in [0.15, 0.2) is 0 Å². The number of amides is 1. The number of methoxy groups -OCH3 is 1. The molecule has 1 amide bonds. The lowest BCUT2D eigenvalue weighted by Gasteiger charge is -2.09. The van der Waals surface area contributed by atoms with Crippen molar-refractivity contribution in [3.63, 3.8) is 0 Å². The van der Waals surface area contributed by atoms with Crippen LogP contribution < -0.4 is 19.6 Å². The first-order valence-corrected chi connectivity index (χ1v) is 12.1. The molecule has 0 aliphatic heterocycles. The van der Waals surface area contributed by atoms with Crippen LogP contribution in [0.4, 0.5) is 0 Å². The summed E-state index contributed by atoms with van der Waals surface area (Å²) in [6, 6.07) is 28.3. The minimum atomic E-state index is -0.529. The molecule has 0 aliphatic carbocycles. The van der Waals surface area contributed by atoms with Gasteiger partial charge in [0.1, 0.15) is 23.9 Å². The second-order valence-electron chi connectivity index (χ2n) is 7.80. The molecule has 4 rings (SSSR count). The zero-order valence-corrected chi connectivity index (χ0v) is 21.5. The van der Waals surface area contributed by atoms with E-state index >= 15 is 0 Å². The second-order valence-corrected chi connectivity index (χ2v) is 8.71. The van der Waals surface area contributed by atoms with Crippen LogP contribution in [-0.4, -0.2) is 25.2 Å². The van der Waals surface area contributed by atoms with Gasteiger partial charge in [0.05, 0.1) is 18.9 Å². The van der Waals surface area contributed by atoms with Crippen molar-refractivity contribution in [3.05, 3.63) is 124 Å². The average molecular weight is 559 g/mol. The average Bonchev–Trinajstić information content (AvgIpc) is 2.94. The van der Waals surface area contributed by atoms with Crippen molar-refractivity contribution in [3.8, 4) is 17.2 Å². The molecule has 4 aromatic carbocycles. The molecule has 0 aliphatic rings.